The fourth-order valence-electron chi connectivity index (χ4n) is 4.97. The highest BCUT2D eigenvalue weighted by Crippen LogP contribution is 2.30. The predicted octanol–water partition coefficient (Wildman–Crippen LogP) is 5.54. The maximum Gasteiger partial charge on any atom is 0.221 e. The Morgan fingerprint density at radius 2 is 1.41 bits per heavy atom. The van der Waals surface area contributed by atoms with Crippen molar-refractivity contribution in [1.29, 1.82) is 0 Å². The Balaban J connectivity index is 1.50. The third-order valence-electron chi connectivity index (χ3n) is 6.98. The Morgan fingerprint density at radius 3 is 2.00 bits per heavy atom. The molecule has 0 radical (unpaired) electrons. The summed E-state index contributed by atoms with van der Waals surface area (Å²) in [5.41, 5.74) is 9.61. The van der Waals surface area contributed by atoms with Crippen LogP contribution in [-0.4, -0.2) is 49.8 Å². The normalized spacial score (nSPS) is 11.0. The lowest BCUT2D eigenvalue weighted by Gasteiger charge is -2.29. The van der Waals surface area contributed by atoms with E-state index in [9.17, 15) is 9.90 Å². The number of hydrogen-bond acceptors (Lipinski definition) is 6. The number of nitrogens with two attached hydrogens (primary N) is 1. The van der Waals surface area contributed by atoms with Gasteiger partial charge in [-0.05, 0) is 52.9 Å². The van der Waals surface area contributed by atoms with Crippen molar-refractivity contribution in [2.45, 2.75) is 25.3 Å². The molecule has 4 aromatic rings. The second-order valence-electron chi connectivity index (χ2n) is 9.95. The zero-order valence-corrected chi connectivity index (χ0v) is 23.7. The fourth-order valence-corrected chi connectivity index (χ4v) is 4.97. The number of benzene rings is 4. The molecule has 0 bridgehead atoms. The van der Waals surface area contributed by atoms with Gasteiger partial charge in [0.15, 0.2) is 23.0 Å². The molecular weight excluding hydrogens is 516 g/mol. The summed E-state index contributed by atoms with van der Waals surface area (Å²) in [7, 11) is 3.13. The van der Waals surface area contributed by atoms with Gasteiger partial charge in [-0.25, -0.2) is 0 Å². The van der Waals surface area contributed by atoms with E-state index in [0.717, 1.165) is 30.6 Å². The van der Waals surface area contributed by atoms with Crippen molar-refractivity contribution in [3.8, 4) is 23.0 Å². The zero-order valence-electron chi connectivity index (χ0n) is 23.7. The van der Waals surface area contributed by atoms with E-state index in [4.69, 9.17) is 19.9 Å². The Bertz CT molecular complexity index is 1360. The van der Waals surface area contributed by atoms with Crippen LogP contribution in [0, 0.1) is 0 Å². The Morgan fingerprint density at radius 1 is 0.805 bits per heavy atom. The van der Waals surface area contributed by atoms with Gasteiger partial charge in [0.05, 0.1) is 27.2 Å². The summed E-state index contributed by atoms with van der Waals surface area (Å²) >= 11 is 0. The molecule has 7 heteroatoms. The molecule has 4 aromatic carbocycles. The molecule has 0 aliphatic heterocycles. The summed E-state index contributed by atoms with van der Waals surface area (Å²) in [6.45, 7) is 2.69. The number of phenolic OH excluding ortho intramolecular Hbond substituents is 1. The first kappa shape index (κ1) is 29.5. The van der Waals surface area contributed by atoms with Crippen molar-refractivity contribution in [2.24, 2.45) is 5.73 Å². The predicted molar refractivity (Wildman–Crippen MR) is 161 cm³/mol. The van der Waals surface area contributed by atoms with Gasteiger partial charge in [0.1, 0.15) is 0 Å². The van der Waals surface area contributed by atoms with E-state index >= 15 is 0 Å². The van der Waals surface area contributed by atoms with Crippen molar-refractivity contribution in [1.82, 2.24) is 4.90 Å². The highest BCUT2D eigenvalue weighted by Gasteiger charge is 2.19. The topological polar surface area (TPSA) is 94.2 Å². The van der Waals surface area contributed by atoms with E-state index in [1.165, 1.54) is 11.1 Å². The molecule has 0 fully saturated rings. The molecule has 4 rings (SSSR count). The molecule has 0 aliphatic carbocycles. The van der Waals surface area contributed by atoms with Gasteiger partial charge in [0.25, 0.3) is 0 Å². The van der Waals surface area contributed by atoms with E-state index in [2.05, 4.69) is 53.4 Å². The Kier molecular flexibility index (Phi) is 10.6. The average molecular weight is 555 g/mol. The molecule has 41 heavy (non-hydrogen) atoms. The van der Waals surface area contributed by atoms with Gasteiger partial charge in [-0.3, -0.25) is 9.69 Å². The molecule has 0 atom stereocenters. The van der Waals surface area contributed by atoms with Crippen LogP contribution in [0.5, 0.6) is 23.0 Å². The molecular formula is C34H38N2O5. The SMILES string of the molecule is COc1ccc(CN(CCCOc2ccc(CC(N)=O)cc2OC)CC(c2ccccc2)c2ccccc2)cc1O. The van der Waals surface area contributed by atoms with Gasteiger partial charge in [-0.15, -0.1) is 0 Å². The number of methoxy groups -OCH3 is 2. The van der Waals surface area contributed by atoms with E-state index in [0.29, 0.717) is 30.4 Å². The number of rotatable bonds is 15. The van der Waals surface area contributed by atoms with Gasteiger partial charge >= 0.3 is 0 Å². The standard InChI is InChI=1S/C34H38N2O5/c1-39-31-16-15-26(20-30(31)37)23-36(24-29(27-10-5-3-6-11-27)28-12-7-4-8-13-28)18-9-19-41-32-17-14-25(22-34(35)38)21-33(32)40-2/h3-8,10-17,20-21,29,37H,9,18-19,22-24H2,1-2H3,(H2,35,38). The van der Waals surface area contributed by atoms with Gasteiger partial charge in [0.2, 0.25) is 5.91 Å². The first-order valence-corrected chi connectivity index (χ1v) is 13.7. The largest absolute Gasteiger partial charge is 0.504 e. The first-order valence-electron chi connectivity index (χ1n) is 13.7. The first-order chi connectivity index (χ1) is 20.0. The highest BCUT2D eigenvalue weighted by atomic mass is 16.5. The molecule has 7 nitrogen and oxygen atoms in total. The molecule has 1 amide bonds. The number of primary amides is 1. The summed E-state index contributed by atoms with van der Waals surface area (Å²) in [5.74, 6) is 1.55. The smallest absolute Gasteiger partial charge is 0.221 e. The summed E-state index contributed by atoms with van der Waals surface area (Å²) in [5, 5.41) is 10.4. The van der Waals surface area contributed by atoms with Crippen molar-refractivity contribution >= 4 is 5.91 Å². The van der Waals surface area contributed by atoms with Gasteiger partial charge in [0, 0.05) is 25.6 Å². The van der Waals surface area contributed by atoms with Crippen LogP contribution in [0.1, 0.15) is 34.6 Å². The second kappa shape index (κ2) is 14.8. The Labute approximate surface area is 242 Å². The van der Waals surface area contributed by atoms with Gasteiger partial charge in [-0.2, -0.15) is 0 Å². The lowest BCUT2D eigenvalue weighted by molar-refractivity contribution is -0.117. The van der Waals surface area contributed by atoms with E-state index in [1.54, 1.807) is 32.4 Å². The number of amides is 1. The molecule has 0 saturated carbocycles. The number of carbonyl (C=O) groups excluding carboxylic acids is 1. The quantitative estimate of drug-likeness (QED) is 0.187. The molecule has 0 heterocycles. The maximum atomic E-state index is 11.3. The number of aromatic hydroxyl groups is 1. The van der Waals surface area contributed by atoms with Crippen LogP contribution in [0.25, 0.3) is 0 Å². The van der Waals surface area contributed by atoms with Crippen molar-refractivity contribution in [3.63, 3.8) is 0 Å². The van der Waals surface area contributed by atoms with Crippen LogP contribution in [0.4, 0.5) is 0 Å². The molecule has 0 unspecified atom stereocenters. The van der Waals surface area contributed by atoms with Crippen LogP contribution in [0.15, 0.2) is 97.1 Å². The van der Waals surface area contributed by atoms with Crippen molar-refractivity contribution in [2.75, 3.05) is 33.9 Å². The van der Waals surface area contributed by atoms with Crippen LogP contribution in [-0.2, 0) is 17.8 Å². The van der Waals surface area contributed by atoms with Crippen LogP contribution in [0.2, 0.25) is 0 Å². The molecule has 0 aliphatic rings. The average Bonchev–Trinajstić information content (AvgIpc) is 2.99. The number of carbonyl (C=O) groups is 1. The minimum absolute atomic E-state index is 0.128. The molecule has 3 N–H and O–H groups in total. The summed E-state index contributed by atoms with van der Waals surface area (Å²) < 4.78 is 16.8. The third-order valence-corrected chi connectivity index (χ3v) is 6.98. The summed E-state index contributed by atoms with van der Waals surface area (Å²) in [6, 6.07) is 32.0. The number of nitrogens with zero attached hydrogens (tertiary/aromatic N) is 1. The van der Waals surface area contributed by atoms with E-state index in [-0.39, 0.29) is 18.1 Å². The minimum atomic E-state index is -0.393. The third kappa shape index (κ3) is 8.50. The van der Waals surface area contributed by atoms with Crippen LogP contribution in [0.3, 0.4) is 0 Å². The monoisotopic (exact) mass is 554 g/mol. The van der Waals surface area contributed by atoms with Gasteiger partial charge < -0.3 is 25.1 Å². The molecule has 0 spiro atoms. The highest BCUT2D eigenvalue weighted by molar-refractivity contribution is 5.76. The number of phenols is 1. The van der Waals surface area contributed by atoms with E-state index in [1.807, 2.05) is 30.3 Å². The van der Waals surface area contributed by atoms with Crippen LogP contribution < -0.4 is 19.9 Å². The van der Waals surface area contributed by atoms with E-state index < -0.39 is 5.91 Å². The number of hydrogen-bond donors (Lipinski definition) is 2. The molecule has 214 valence electrons. The zero-order chi connectivity index (χ0) is 29.0. The van der Waals surface area contributed by atoms with Gasteiger partial charge in [-0.1, -0.05) is 72.8 Å². The summed E-state index contributed by atoms with van der Waals surface area (Å²) in [6.07, 6.45) is 0.918. The molecule has 0 saturated heterocycles. The lowest BCUT2D eigenvalue weighted by Crippen LogP contribution is -2.30. The fraction of sp³-hybridized carbons (Fsp3) is 0.265. The second-order valence-corrected chi connectivity index (χ2v) is 9.95. The van der Waals surface area contributed by atoms with Crippen molar-refractivity contribution < 1.29 is 24.1 Å². The lowest BCUT2D eigenvalue weighted by atomic mass is 9.90. The van der Waals surface area contributed by atoms with Crippen LogP contribution >= 0.6 is 0 Å². The minimum Gasteiger partial charge on any atom is -0.504 e. The maximum absolute atomic E-state index is 11.3. The summed E-state index contributed by atoms with van der Waals surface area (Å²) in [4.78, 5) is 13.7. The Hall–Kier alpha value is -4.49. The molecule has 0 aromatic heterocycles. The van der Waals surface area contributed by atoms with Crippen molar-refractivity contribution in [3.05, 3.63) is 119 Å². The number of ether oxygens (including phenoxy) is 3.